The monoisotopic (exact) mass is 324 g/mol. The molecule has 5 nitrogen and oxygen atoms in total. The number of rotatable bonds is 5. The number of nitrogens with zero attached hydrogens (tertiary/aromatic N) is 2. The van der Waals surface area contributed by atoms with Gasteiger partial charge in [0.1, 0.15) is 0 Å². The predicted octanol–water partition coefficient (Wildman–Crippen LogP) is 0.864. The van der Waals surface area contributed by atoms with Crippen LogP contribution in [0.2, 0.25) is 0 Å². The maximum atomic E-state index is 12.8. The zero-order valence-corrected chi connectivity index (χ0v) is 13.7. The third-order valence-corrected chi connectivity index (χ3v) is 6.57. The minimum Gasteiger partial charge on any atom is -0.396 e. The van der Waals surface area contributed by atoms with Crippen LogP contribution in [0.3, 0.4) is 0 Å². The minimum absolute atomic E-state index is 0.188. The zero-order chi connectivity index (χ0) is 15.6. The highest BCUT2D eigenvalue weighted by molar-refractivity contribution is 7.89. The zero-order valence-electron chi connectivity index (χ0n) is 12.9. The number of sulfonamides is 1. The van der Waals surface area contributed by atoms with Crippen LogP contribution in [0.15, 0.2) is 23.1 Å². The SMILES string of the molecule is O=S(=O)(c1ccc2c(c1)CCC2)N1CCN(CCCO)CC1. The van der Waals surface area contributed by atoms with E-state index in [0.29, 0.717) is 18.0 Å². The Kier molecular flexibility index (Phi) is 4.82. The molecule has 0 saturated carbocycles. The highest BCUT2D eigenvalue weighted by Crippen LogP contribution is 2.26. The normalized spacial score (nSPS) is 20.2. The molecule has 0 amide bonds. The topological polar surface area (TPSA) is 60.9 Å². The molecule has 0 unspecified atom stereocenters. The van der Waals surface area contributed by atoms with Crippen LogP contribution >= 0.6 is 0 Å². The molecule has 1 aromatic carbocycles. The summed E-state index contributed by atoms with van der Waals surface area (Å²) < 4.78 is 27.1. The molecule has 0 radical (unpaired) electrons. The van der Waals surface area contributed by atoms with E-state index in [1.54, 1.807) is 10.4 Å². The van der Waals surface area contributed by atoms with E-state index in [4.69, 9.17) is 5.11 Å². The Labute approximate surface area is 132 Å². The Hall–Kier alpha value is -0.950. The number of hydrogen-bond acceptors (Lipinski definition) is 4. The van der Waals surface area contributed by atoms with Gasteiger partial charge < -0.3 is 10.0 Å². The Balaban J connectivity index is 1.69. The number of benzene rings is 1. The van der Waals surface area contributed by atoms with E-state index in [2.05, 4.69) is 4.90 Å². The average molecular weight is 324 g/mol. The van der Waals surface area contributed by atoms with Crippen molar-refractivity contribution < 1.29 is 13.5 Å². The van der Waals surface area contributed by atoms with Crippen LogP contribution in [0.5, 0.6) is 0 Å². The van der Waals surface area contributed by atoms with Crippen molar-refractivity contribution in [2.75, 3.05) is 39.3 Å². The van der Waals surface area contributed by atoms with Gasteiger partial charge in [-0.15, -0.1) is 0 Å². The smallest absolute Gasteiger partial charge is 0.243 e. The van der Waals surface area contributed by atoms with Crippen molar-refractivity contribution in [3.05, 3.63) is 29.3 Å². The lowest BCUT2D eigenvalue weighted by molar-refractivity contribution is 0.171. The molecule has 1 N–H and O–H groups in total. The van der Waals surface area contributed by atoms with Crippen LogP contribution in [0.1, 0.15) is 24.0 Å². The van der Waals surface area contributed by atoms with Gasteiger partial charge in [0.25, 0.3) is 0 Å². The first-order chi connectivity index (χ1) is 10.6. The first-order valence-electron chi connectivity index (χ1n) is 8.06. The quantitative estimate of drug-likeness (QED) is 0.873. The maximum absolute atomic E-state index is 12.8. The summed E-state index contributed by atoms with van der Waals surface area (Å²) in [5.41, 5.74) is 2.50. The Morgan fingerprint density at radius 2 is 1.77 bits per heavy atom. The number of fused-ring (bicyclic) bond motifs is 1. The van der Waals surface area contributed by atoms with Gasteiger partial charge in [-0.2, -0.15) is 4.31 Å². The molecule has 0 atom stereocenters. The van der Waals surface area contributed by atoms with E-state index in [9.17, 15) is 8.42 Å². The molecule has 0 aromatic heterocycles. The van der Waals surface area contributed by atoms with Crippen molar-refractivity contribution in [3.63, 3.8) is 0 Å². The summed E-state index contributed by atoms with van der Waals surface area (Å²) >= 11 is 0. The number of aryl methyl sites for hydroxylation is 2. The second-order valence-corrected chi connectivity index (χ2v) is 8.04. The molecule has 122 valence electrons. The van der Waals surface area contributed by atoms with Crippen molar-refractivity contribution in [2.24, 2.45) is 0 Å². The van der Waals surface area contributed by atoms with Crippen LogP contribution in [-0.4, -0.2) is 62.1 Å². The van der Waals surface area contributed by atoms with Crippen LogP contribution in [0.25, 0.3) is 0 Å². The molecule has 1 aliphatic carbocycles. The Morgan fingerprint density at radius 1 is 1.05 bits per heavy atom. The minimum atomic E-state index is -3.37. The fraction of sp³-hybridized carbons (Fsp3) is 0.625. The van der Waals surface area contributed by atoms with Gasteiger partial charge in [-0.05, 0) is 48.9 Å². The first kappa shape index (κ1) is 15.9. The van der Waals surface area contributed by atoms with Crippen molar-refractivity contribution in [1.82, 2.24) is 9.21 Å². The van der Waals surface area contributed by atoms with Crippen LogP contribution in [0.4, 0.5) is 0 Å². The third-order valence-electron chi connectivity index (χ3n) is 4.67. The summed E-state index contributed by atoms with van der Waals surface area (Å²) in [4.78, 5) is 2.65. The largest absolute Gasteiger partial charge is 0.396 e. The van der Waals surface area contributed by atoms with Crippen LogP contribution in [0, 0.1) is 0 Å². The van der Waals surface area contributed by atoms with E-state index in [-0.39, 0.29) is 6.61 Å². The summed E-state index contributed by atoms with van der Waals surface area (Å²) in [5.74, 6) is 0. The molecular formula is C16H24N2O3S. The molecule has 0 bridgehead atoms. The summed E-state index contributed by atoms with van der Waals surface area (Å²) in [6.07, 6.45) is 3.94. The Bertz CT molecular complexity index is 622. The fourth-order valence-electron chi connectivity index (χ4n) is 3.35. The Morgan fingerprint density at radius 3 is 2.50 bits per heavy atom. The molecule has 1 aliphatic heterocycles. The molecule has 2 aliphatic rings. The van der Waals surface area contributed by atoms with Crippen molar-refractivity contribution in [2.45, 2.75) is 30.6 Å². The lowest BCUT2D eigenvalue weighted by atomic mass is 10.1. The summed E-state index contributed by atoms with van der Waals surface area (Å²) in [6, 6.07) is 5.61. The van der Waals surface area contributed by atoms with Crippen LogP contribution in [-0.2, 0) is 22.9 Å². The van der Waals surface area contributed by atoms with Gasteiger partial charge in [-0.1, -0.05) is 6.07 Å². The second kappa shape index (κ2) is 6.66. The van der Waals surface area contributed by atoms with Gasteiger partial charge in [0.05, 0.1) is 4.90 Å². The van der Waals surface area contributed by atoms with Gasteiger partial charge >= 0.3 is 0 Å². The van der Waals surface area contributed by atoms with E-state index in [1.165, 1.54) is 11.1 Å². The number of aliphatic hydroxyl groups is 1. The highest BCUT2D eigenvalue weighted by atomic mass is 32.2. The van der Waals surface area contributed by atoms with E-state index in [1.807, 2.05) is 12.1 Å². The molecule has 3 rings (SSSR count). The molecule has 22 heavy (non-hydrogen) atoms. The van der Waals surface area contributed by atoms with Crippen molar-refractivity contribution >= 4 is 10.0 Å². The van der Waals surface area contributed by atoms with Crippen molar-refractivity contribution in [1.29, 1.82) is 0 Å². The number of aliphatic hydroxyl groups excluding tert-OH is 1. The lowest BCUT2D eigenvalue weighted by Gasteiger charge is -2.33. The average Bonchev–Trinajstić information content (AvgIpc) is 3.01. The third kappa shape index (κ3) is 3.20. The summed E-state index contributed by atoms with van der Waals surface area (Å²) in [5, 5.41) is 8.87. The fourth-order valence-corrected chi connectivity index (χ4v) is 4.82. The maximum Gasteiger partial charge on any atom is 0.243 e. The van der Waals surface area contributed by atoms with E-state index < -0.39 is 10.0 Å². The summed E-state index contributed by atoms with van der Waals surface area (Å²) in [7, 11) is -3.37. The number of hydrogen-bond donors (Lipinski definition) is 1. The molecule has 0 spiro atoms. The van der Waals surface area contributed by atoms with Gasteiger partial charge in [0.2, 0.25) is 10.0 Å². The van der Waals surface area contributed by atoms with Gasteiger partial charge in [0, 0.05) is 39.3 Å². The molecule has 1 aromatic rings. The number of piperazine rings is 1. The molecule has 1 heterocycles. The molecule has 1 saturated heterocycles. The van der Waals surface area contributed by atoms with E-state index in [0.717, 1.165) is 45.3 Å². The van der Waals surface area contributed by atoms with Gasteiger partial charge in [0.15, 0.2) is 0 Å². The predicted molar refractivity (Wildman–Crippen MR) is 85.4 cm³/mol. The standard InChI is InChI=1S/C16H24N2O3S/c19-12-2-7-17-8-10-18(11-9-17)22(20,21)16-6-5-14-3-1-4-15(14)13-16/h5-6,13,19H,1-4,7-12H2. The van der Waals surface area contributed by atoms with Crippen molar-refractivity contribution in [3.8, 4) is 0 Å². The van der Waals surface area contributed by atoms with Crippen LogP contribution < -0.4 is 0 Å². The second-order valence-electron chi connectivity index (χ2n) is 6.11. The first-order valence-corrected chi connectivity index (χ1v) is 9.50. The molecular weight excluding hydrogens is 300 g/mol. The van der Waals surface area contributed by atoms with E-state index >= 15 is 0 Å². The highest BCUT2D eigenvalue weighted by Gasteiger charge is 2.29. The van der Waals surface area contributed by atoms with Gasteiger partial charge in [-0.25, -0.2) is 8.42 Å². The molecule has 6 heteroatoms. The summed E-state index contributed by atoms with van der Waals surface area (Å²) in [6.45, 7) is 3.57. The molecule has 1 fully saturated rings. The van der Waals surface area contributed by atoms with Gasteiger partial charge in [-0.3, -0.25) is 0 Å². The lowest BCUT2D eigenvalue weighted by Crippen LogP contribution is -2.48.